The van der Waals surface area contributed by atoms with Crippen molar-refractivity contribution in [2.45, 2.75) is 78.2 Å². The van der Waals surface area contributed by atoms with Crippen molar-refractivity contribution in [1.29, 1.82) is 0 Å². The zero-order chi connectivity index (χ0) is 25.4. The number of rotatable bonds is 12. The second-order valence-electron chi connectivity index (χ2n) is 6.79. The van der Waals surface area contributed by atoms with Crippen molar-refractivity contribution in [1.82, 2.24) is 0 Å². The minimum Gasteiger partial charge on any atom is -0.394 e. The highest BCUT2D eigenvalue weighted by atomic mass is 31.2. The zero-order valence-corrected chi connectivity index (χ0v) is 20.3. The molecule has 9 N–H and O–H groups in total. The van der Waals surface area contributed by atoms with Crippen LogP contribution in [0.4, 0.5) is 0 Å². The number of hydrogen-bond acceptors (Lipinski definition) is 12. The molecule has 0 aromatic rings. The maximum absolute atomic E-state index is 8.69. The van der Waals surface area contributed by atoms with Gasteiger partial charge in [0, 0.05) is 0 Å². The minimum absolute atomic E-state index is 0.00667. The van der Waals surface area contributed by atoms with Crippen molar-refractivity contribution >= 4 is 8.60 Å². The Morgan fingerprint density at radius 2 is 0.677 bits per heavy atom. The number of ether oxygens (including phenoxy) is 3. The second kappa shape index (κ2) is 28.0. The van der Waals surface area contributed by atoms with Gasteiger partial charge in [0.2, 0.25) is 0 Å². The Morgan fingerprint density at radius 3 is 0.774 bits per heavy atom. The maximum Gasteiger partial charge on any atom is 0.324 e. The molecule has 0 rings (SSSR count). The highest BCUT2D eigenvalue weighted by molar-refractivity contribution is 7.38. The summed E-state index contributed by atoms with van der Waals surface area (Å²) in [4.78, 5) is 21.7. The fourth-order valence-electron chi connectivity index (χ4n) is 1.07. The SMILES string of the molecule is CC(O)COC(C)CO.CC(O)COC(C)CO.CC(O)COC(C)CO.OP(O)O. The average molecular weight is 485 g/mol. The predicted octanol–water partition coefficient (Wildman–Crippen LogP) is -1.52. The molecule has 0 heterocycles. The summed E-state index contributed by atoms with van der Waals surface area (Å²) in [6, 6.07) is 0. The lowest BCUT2D eigenvalue weighted by molar-refractivity contribution is -0.0177. The van der Waals surface area contributed by atoms with Crippen LogP contribution in [0.15, 0.2) is 0 Å². The van der Waals surface area contributed by atoms with E-state index in [4.69, 9.17) is 59.5 Å². The summed E-state index contributed by atoms with van der Waals surface area (Å²) in [5, 5.41) is 51.4. The fourth-order valence-corrected chi connectivity index (χ4v) is 1.07. The van der Waals surface area contributed by atoms with Crippen LogP contribution in [0, 0.1) is 0 Å². The molecule has 0 aromatic carbocycles. The van der Waals surface area contributed by atoms with Gasteiger partial charge < -0.3 is 59.5 Å². The molecule has 6 unspecified atom stereocenters. The molecular formula is C18H45O12P. The second-order valence-corrected chi connectivity index (χ2v) is 7.33. The Labute approximate surface area is 186 Å². The van der Waals surface area contributed by atoms with Gasteiger partial charge in [-0.1, -0.05) is 0 Å². The van der Waals surface area contributed by atoms with Gasteiger partial charge in [-0.05, 0) is 41.5 Å². The first-order valence-corrected chi connectivity index (χ1v) is 11.0. The van der Waals surface area contributed by atoms with E-state index in [0.29, 0.717) is 19.8 Å². The van der Waals surface area contributed by atoms with E-state index in [9.17, 15) is 0 Å². The maximum atomic E-state index is 8.69. The lowest BCUT2D eigenvalue weighted by atomic mass is 10.4. The van der Waals surface area contributed by atoms with Crippen LogP contribution in [-0.4, -0.2) is 122 Å². The van der Waals surface area contributed by atoms with Gasteiger partial charge in [-0.25, -0.2) is 0 Å². The molecule has 6 atom stereocenters. The zero-order valence-electron chi connectivity index (χ0n) is 19.4. The molecule has 0 radical (unpaired) electrons. The van der Waals surface area contributed by atoms with Gasteiger partial charge in [0.25, 0.3) is 0 Å². The number of hydrogen-bond donors (Lipinski definition) is 9. The molecule has 0 saturated carbocycles. The van der Waals surface area contributed by atoms with Crippen molar-refractivity contribution < 1.29 is 59.5 Å². The molecule has 0 bridgehead atoms. The van der Waals surface area contributed by atoms with Crippen LogP contribution in [0.1, 0.15) is 41.5 Å². The molecule has 0 saturated heterocycles. The summed E-state index contributed by atoms with van der Waals surface area (Å²) in [5.74, 6) is 0. The molecule has 12 nitrogen and oxygen atoms in total. The molecule has 13 heteroatoms. The van der Waals surface area contributed by atoms with Crippen molar-refractivity contribution in [2.24, 2.45) is 0 Å². The third-order valence-electron chi connectivity index (χ3n) is 2.64. The first-order chi connectivity index (χ1) is 14.2. The molecule has 0 fully saturated rings. The van der Waals surface area contributed by atoms with Crippen LogP contribution in [0.2, 0.25) is 0 Å². The van der Waals surface area contributed by atoms with Crippen molar-refractivity contribution in [2.75, 3.05) is 39.6 Å². The summed E-state index contributed by atoms with van der Waals surface area (Å²) in [5.41, 5.74) is 0. The largest absolute Gasteiger partial charge is 0.394 e. The van der Waals surface area contributed by atoms with Crippen molar-refractivity contribution in [3.63, 3.8) is 0 Å². The fraction of sp³-hybridized carbons (Fsp3) is 1.00. The van der Waals surface area contributed by atoms with Crippen LogP contribution in [0.3, 0.4) is 0 Å². The minimum atomic E-state index is -2.62. The molecule has 0 aliphatic heterocycles. The van der Waals surface area contributed by atoms with Crippen molar-refractivity contribution in [3.8, 4) is 0 Å². The molecule has 0 aromatic heterocycles. The van der Waals surface area contributed by atoms with Crippen LogP contribution in [0.5, 0.6) is 0 Å². The first kappa shape index (κ1) is 38.2. The molecule has 0 amide bonds. The topological polar surface area (TPSA) is 210 Å². The van der Waals surface area contributed by atoms with E-state index >= 15 is 0 Å². The van der Waals surface area contributed by atoms with Gasteiger partial charge in [0.1, 0.15) is 0 Å². The van der Waals surface area contributed by atoms with Crippen LogP contribution < -0.4 is 0 Å². The first-order valence-electron chi connectivity index (χ1n) is 9.81. The van der Waals surface area contributed by atoms with Crippen LogP contribution in [0.25, 0.3) is 0 Å². The van der Waals surface area contributed by atoms with Gasteiger partial charge in [-0.15, -0.1) is 0 Å². The van der Waals surface area contributed by atoms with E-state index in [1.165, 1.54) is 0 Å². The van der Waals surface area contributed by atoms with Gasteiger partial charge in [-0.2, -0.15) is 0 Å². The summed E-state index contributed by atoms with van der Waals surface area (Å²) < 4.78 is 14.9. The molecular weight excluding hydrogens is 439 g/mol. The third kappa shape index (κ3) is 53.3. The molecule has 194 valence electrons. The monoisotopic (exact) mass is 484 g/mol. The van der Waals surface area contributed by atoms with Gasteiger partial charge >= 0.3 is 8.60 Å². The molecule has 31 heavy (non-hydrogen) atoms. The summed E-state index contributed by atoms with van der Waals surface area (Å²) in [6.45, 7) is 11.1. The van der Waals surface area contributed by atoms with Gasteiger partial charge in [0.05, 0.1) is 76.3 Å². The van der Waals surface area contributed by atoms with E-state index < -0.39 is 26.9 Å². The predicted molar refractivity (Wildman–Crippen MR) is 116 cm³/mol. The Hall–Kier alpha value is -0.0500. The smallest absolute Gasteiger partial charge is 0.324 e. The normalized spacial score (nSPS) is 16.3. The average Bonchev–Trinajstić information content (AvgIpc) is 2.68. The molecule has 0 spiro atoms. The summed E-state index contributed by atoms with van der Waals surface area (Å²) >= 11 is 0. The molecule has 0 aliphatic rings. The van der Waals surface area contributed by atoms with Crippen molar-refractivity contribution in [3.05, 3.63) is 0 Å². The lowest BCUT2D eigenvalue weighted by Gasteiger charge is -2.10. The summed E-state index contributed by atoms with van der Waals surface area (Å²) in [7, 11) is -2.62. The van der Waals surface area contributed by atoms with E-state index in [-0.39, 0.29) is 38.1 Å². The summed E-state index contributed by atoms with van der Waals surface area (Å²) in [6.07, 6.45) is -1.84. The van der Waals surface area contributed by atoms with E-state index in [1.807, 2.05) is 0 Å². The number of aliphatic hydroxyl groups is 6. The highest BCUT2D eigenvalue weighted by Crippen LogP contribution is 2.11. The highest BCUT2D eigenvalue weighted by Gasteiger charge is 2.02. The standard InChI is InChI=1S/3C6H14O3.H3O3P/c3*1-5(8)4-9-6(2)3-7;1-4(2)3/h3*5-8H,3-4H2,1-2H3;1-3H. The Morgan fingerprint density at radius 1 is 0.516 bits per heavy atom. The Balaban J connectivity index is -0.000000162. The lowest BCUT2D eigenvalue weighted by Crippen LogP contribution is -2.19. The Kier molecular flexibility index (Phi) is 34.5. The van der Waals surface area contributed by atoms with Gasteiger partial charge in [0.15, 0.2) is 0 Å². The third-order valence-corrected chi connectivity index (χ3v) is 2.64. The molecule has 0 aliphatic carbocycles. The quantitative estimate of drug-likeness (QED) is 0.145. The van der Waals surface area contributed by atoms with E-state index in [0.717, 1.165) is 0 Å². The van der Waals surface area contributed by atoms with E-state index in [2.05, 4.69) is 0 Å². The van der Waals surface area contributed by atoms with E-state index in [1.54, 1.807) is 41.5 Å². The van der Waals surface area contributed by atoms with Crippen LogP contribution >= 0.6 is 8.60 Å². The number of aliphatic hydroxyl groups excluding tert-OH is 6. The van der Waals surface area contributed by atoms with Crippen LogP contribution in [-0.2, 0) is 14.2 Å². The Bertz CT molecular complexity index is 276. The van der Waals surface area contributed by atoms with Gasteiger partial charge in [-0.3, -0.25) is 0 Å².